The number of amides is 1. The molecule has 0 spiro atoms. The largest absolute Gasteiger partial charge is 0.480 e. The van der Waals surface area contributed by atoms with Gasteiger partial charge in [-0.25, -0.2) is 0 Å². The SMILES string of the molecule is CCN(CC(=O)O)C1CC(NC(C)CC(=O)Nc2ccc(C(C)C)cc2)C1. The highest BCUT2D eigenvalue weighted by atomic mass is 16.4. The minimum Gasteiger partial charge on any atom is -0.480 e. The van der Waals surface area contributed by atoms with Gasteiger partial charge >= 0.3 is 5.97 Å². The van der Waals surface area contributed by atoms with Crippen LogP contribution in [0.2, 0.25) is 0 Å². The standard InChI is InChI=1S/C21H33N3O3/c1-5-24(13-21(26)27)19-11-18(12-19)22-15(4)10-20(25)23-17-8-6-16(7-9-17)14(2)3/h6-9,14-15,18-19,22H,5,10-13H2,1-4H3,(H,23,25)(H,26,27). The summed E-state index contributed by atoms with van der Waals surface area (Å²) in [5.74, 6) is -0.298. The number of hydrogen-bond donors (Lipinski definition) is 3. The van der Waals surface area contributed by atoms with Crippen LogP contribution in [-0.2, 0) is 9.59 Å². The summed E-state index contributed by atoms with van der Waals surface area (Å²) in [6.45, 7) is 9.15. The van der Waals surface area contributed by atoms with E-state index >= 15 is 0 Å². The Labute approximate surface area is 162 Å². The smallest absolute Gasteiger partial charge is 0.317 e. The lowest BCUT2D eigenvalue weighted by atomic mass is 9.84. The highest BCUT2D eigenvalue weighted by molar-refractivity contribution is 5.91. The molecule has 1 aromatic rings. The Morgan fingerprint density at radius 3 is 2.33 bits per heavy atom. The average molecular weight is 376 g/mol. The average Bonchev–Trinajstić information content (AvgIpc) is 2.56. The van der Waals surface area contributed by atoms with Crippen molar-refractivity contribution >= 4 is 17.6 Å². The van der Waals surface area contributed by atoms with Crippen LogP contribution in [0.1, 0.15) is 58.4 Å². The molecule has 0 radical (unpaired) electrons. The Kier molecular flexibility index (Phi) is 7.80. The topological polar surface area (TPSA) is 81.7 Å². The fourth-order valence-corrected chi connectivity index (χ4v) is 3.60. The van der Waals surface area contributed by atoms with Crippen LogP contribution in [0.3, 0.4) is 0 Å². The number of benzene rings is 1. The molecule has 1 fully saturated rings. The zero-order valence-corrected chi connectivity index (χ0v) is 16.9. The summed E-state index contributed by atoms with van der Waals surface area (Å²) in [5.41, 5.74) is 2.08. The molecule has 6 nitrogen and oxygen atoms in total. The summed E-state index contributed by atoms with van der Waals surface area (Å²) in [5, 5.41) is 15.4. The van der Waals surface area contributed by atoms with Crippen molar-refractivity contribution < 1.29 is 14.7 Å². The molecule has 27 heavy (non-hydrogen) atoms. The van der Waals surface area contributed by atoms with Gasteiger partial charge in [-0.1, -0.05) is 32.9 Å². The maximum Gasteiger partial charge on any atom is 0.317 e. The van der Waals surface area contributed by atoms with Crippen molar-refractivity contribution in [1.82, 2.24) is 10.2 Å². The maximum absolute atomic E-state index is 12.2. The Balaban J connectivity index is 1.70. The molecule has 2 rings (SSSR count). The second-order valence-corrected chi connectivity index (χ2v) is 7.88. The fraction of sp³-hybridized carbons (Fsp3) is 0.619. The normalized spacial score (nSPS) is 20.4. The molecule has 1 unspecified atom stereocenters. The molecule has 1 saturated carbocycles. The van der Waals surface area contributed by atoms with E-state index in [0.717, 1.165) is 25.1 Å². The number of aliphatic carboxylic acids is 1. The van der Waals surface area contributed by atoms with E-state index in [1.165, 1.54) is 5.56 Å². The van der Waals surface area contributed by atoms with Gasteiger partial charge in [0.25, 0.3) is 0 Å². The van der Waals surface area contributed by atoms with Gasteiger partial charge in [-0.3, -0.25) is 14.5 Å². The van der Waals surface area contributed by atoms with Crippen LogP contribution in [0.25, 0.3) is 0 Å². The number of carbonyl (C=O) groups excluding carboxylic acids is 1. The van der Waals surface area contributed by atoms with Gasteiger partial charge in [0.1, 0.15) is 0 Å². The van der Waals surface area contributed by atoms with Crippen LogP contribution in [0.4, 0.5) is 5.69 Å². The molecule has 3 N–H and O–H groups in total. The number of nitrogens with zero attached hydrogens (tertiary/aromatic N) is 1. The van der Waals surface area contributed by atoms with Crippen molar-refractivity contribution in [1.29, 1.82) is 0 Å². The van der Waals surface area contributed by atoms with Crippen molar-refractivity contribution in [2.75, 3.05) is 18.4 Å². The third-order valence-corrected chi connectivity index (χ3v) is 5.25. The molecule has 0 heterocycles. The molecule has 6 heteroatoms. The predicted octanol–water partition coefficient (Wildman–Crippen LogP) is 3.05. The third kappa shape index (κ3) is 6.63. The number of carboxylic acids is 1. The zero-order chi connectivity index (χ0) is 20.0. The van der Waals surface area contributed by atoms with Gasteiger partial charge in [-0.2, -0.15) is 0 Å². The zero-order valence-electron chi connectivity index (χ0n) is 16.9. The van der Waals surface area contributed by atoms with E-state index in [-0.39, 0.29) is 18.5 Å². The molecule has 1 aliphatic carbocycles. The molecule has 0 aromatic heterocycles. The third-order valence-electron chi connectivity index (χ3n) is 5.25. The van der Waals surface area contributed by atoms with Gasteiger partial charge in [-0.05, 0) is 49.9 Å². The Morgan fingerprint density at radius 1 is 1.19 bits per heavy atom. The van der Waals surface area contributed by atoms with E-state index in [0.29, 0.717) is 24.4 Å². The van der Waals surface area contributed by atoms with Gasteiger partial charge in [0.05, 0.1) is 6.54 Å². The van der Waals surface area contributed by atoms with Crippen molar-refractivity contribution in [3.8, 4) is 0 Å². The Bertz CT molecular complexity index is 624. The lowest BCUT2D eigenvalue weighted by Gasteiger charge is -2.43. The highest BCUT2D eigenvalue weighted by Gasteiger charge is 2.34. The summed E-state index contributed by atoms with van der Waals surface area (Å²) >= 11 is 0. The number of nitrogens with one attached hydrogen (secondary N) is 2. The first-order valence-electron chi connectivity index (χ1n) is 9.90. The van der Waals surface area contributed by atoms with Gasteiger partial charge in [-0.15, -0.1) is 0 Å². The first-order valence-corrected chi connectivity index (χ1v) is 9.90. The molecule has 0 bridgehead atoms. The van der Waals surface area contributed by atoms with Gasteiger partial charge in [0.2, 0.25) is 5.91 Å². The second kappa shape index (κ2) is 9.85. The Morgan fingerprint density at radius 2 is 1.81 bits per heavy atom. The van der Waals surface area contributed by atoms with E-state index < -0.39 is 5.97 Å². The summed E-state index contributed by atoms with van der Waals surface area (Å²) < 4.78 is 0. The first-order chi connectivity index (χ1) is 12.8. The van der Waals surface area contributed by atoms with Gasteiger partial charge < -0.3 is 15.7 Å². The van der Waals surface area contributed by atoms with Crippen molar-refractivity contribution in [3.63, 3.8) is 0 Å². The van der Waals surface area contributed by atoms with Gasteiger partial charge in [0.15, 0.2) is 0 Å². The summed E-state index contributed by atoms with van der Waals surface area (Å²) in [7, 11) is 0. The number of likely N-dealkylation sites (N-methyl/N-ethyl adjacent to an activating group) is 1. The molecular weight excluding hydrogens is 342 g/mol. The van der Waals surface area contributed by atoms with Crippen LogP contribution >= 0.6 is 0 Å². The van der Waals surface area contributed by atoms with Crippen molar-refractivity contribution in [3.05, 3.63) is 29.8 Å². The molecule has 0 saturated heterocycles. The molecule has 1 atom stereocenters. The van der Waals surface area contributed by atoms with E-state index in [4.69, 9.17) is 5.11 Å². The van der Waals surface area contributed by atoms with E-state index in [2.05, 4.69) is 24.5 Å². The number of anilines is 1. The molecule has 1 aromatic carbocycles. The Hall–Kier alpha value is -1.92. The fourth-order valence-electron chi connectivity index (χ4n) is 3.60. The van der Waals surface area contributed by atoms with E-state index in [9.17, 15) is 9.59 Å². The van der Waals surface area contributed by atoms with Crippen LogP contribution in [0, 0.1) is 0 Å². The van der Waals surface area contributed by atoms with Gasteiger partial charge in [0, 0.05) is 30.2 Å². The number of carbonyl (C=O) groups is 2. The summed E-state index contributed by atoms with van der Waals surface area (Å²) in [6, 6.07) is 8.75. The van der Waals surface area contributed by atoms with E-state index in [1.54, 1.807) is 0 Å². The van der Waals surface area contributed by atoms with Crippen LogP contribution in [-0.4, -0.2) is 53.1 Å². The van der Waals surface area contributed by atoms with Crippen LogP contribution < -0.4 is 10.6 Å². The summed E-state index contributed by atoms with van der Waals surface area (Å²) in [4.78, 5) is 25.1. The second-order valence-electron chi connectivity index (χ2n) is 7.88. The maximum atomic E-state index is 12.2. The van der Waals surface area contributed by atoms with Crippen molar-refractivity contribution in [2.45, 2.75) is 71.0 Å². The predicted molar refractivity (Wildman–Crippen MR) is 108 cm³/mol. The number of rotatable bonds is 10. The molecule has 1 amide bonds. The molecule has 1 aliphatic rings. The van der Waals surface area contributed by atoms with Crippen molar-refractivity contribution in [2.24, 2.45) is 0 Å². The van der Waals surface area contributed by atoms with Crippen LogP contribution in [0.15, 0.2) is 24.3 Å². The highest BCUT2D eigenvalue weighted by Crippen LogP contribution is 2.26. The first kappa shape index (κ1) is 21.4. The summed E-state index contributed by atoms with van der Waals surface area (Å²) in [6.07, 6.45) is 2.28. The lowest BCUT2D eigenvalue weighted by Crippen LogP contribution is -2.55. The monoisotopic (exact) mass is 375 g/mol. The molecule has 150 valence electrons. The van der Waals surface area contributed by atoms with E-state index in [1.807, 2.05) is 43.0 Å². The van der Waals surface area contributed by atoms with Crippen LogP contribution in [0.5, 0.6) is 0 Å². The minimum absolute atomic E-state index is 0.00392. The number of hydrogen-bond acceptors (Lipinski definition) is 4. The minimum atomic E-state index is -0.778. The lowest BCUT2D eigenvalue weighted by molar-refractivity contribution is -0.139. The molecular formula is C21H33N3O3. The number of carboxylic acid groups (broad SMARTS) is 1. The molecule has 0 aliphatic heterocycles. The quantitative estimate of drug-likeness (QED) is 0.586.